The van der Waals surface area contributed by atoms with Gasteiger partial charge in [-0.05, 0) is 13.3 Å². The molecule has 0 amide bonds. The van der Waals surface area contributed by atoms with Crippen LogP contribution in [-0.4, -0.2) is 53.0 Å². The average molecular weight is 441 g/mol. The smallest absolute Gasteiger partial charge is 0.248 e. The second kappa shape index (κ2) is 12.1. The van der Waals surface area contributed by atoms with Crippen LogP contribution in [0.3, 0.4) is 0 Å². The van der Waals surface area contributed by atoms with E-state index in [-0.39, 0.29) is 16.9 Å². The van der Waals surface area contributed by atoms with Crippen molar-refractivity contribution in [1.82, 2.24) is 0 Å². The summed E-state index contributed by atoms with van der Waals surface area (Å²) in [6.45, 7) is 1.64. The standard InChI is InChI=1S/C12H22Cl2F4S4/c1-10(14)7-19-22(5-3-4-13,20-8-11(16)6-15)21-9-12(2,17)18/h10-11H,3-9H2,1-2H3. The quantitative estimate of drug-likeness (QED) is 0.172. The summed E-state index contributed by atoms with van der Waals surface area (Å²) in [5.74, 6) is -1.55. The van der Waals surface area contributed by atoms with Crippen molar-refractivity contribution in [2.45, 2.75) is 37.7 Å². The lowest BCUT2D eigenvalue weighted by molar-refractivity contribution is 0.0495. The predicted octanol–water partition coefficient (Wildman–Crippen LogP) is 6.95. The van der Waals surface area contributed by atoms with Crippen LogP contribution in [0.2, 0.25) is 0 Å². The topological polar surface area (TPSA) is 0 Å². The molecule has 0 aromatic rings. The van der Waals surface area contributed by atoms with E-state index in [0.29, 0.717) is 23.8 Å². The molecule has 0 bridgehead atoms. The zero-order valence-corrected chi connectivity index (χ0v) is 17.3. The predicted molar refractivity (Wildman–Crippen MR) is 102 cm³/mol. The van der Waals surface area contributed by atoms with Gasteiger partial charge in [-0.25, -0.2) is 17.6 Å². The Hall–Kier alpha value is 1.70. The second-order valence-electron chi connectivity index (χ2n) is 4.74. The maximum Gasteiger partial charge on any atom is 0.255 e. The van der Waals surface area contributed by atoms with Crippen molar-refractivity contribution >= 4 is 62.7 Å². The lowest BCUT2D eigenvalue weighted by Crippen LogP contribution is -2.15. The molecule has 136 valence electrons. The minimum Gasteiger partial charge on any atom is -0.248 e. The fourth-order valence-corrected chi connectivity index (χ4v) is 15.0. The van der Waals surface area contributed by atoms with Gasteiger partial charge in [0.1, 0.15) is 12.8 Å². The minimum atomic E-state index is -2.80. The Kier molecular flexibility index (Phi) is 13.1. The van der Waals surface area contributed by atoms with Crippen molar-refractivity contribution < 1.29 is 17.6 Å². The Morgan fingerprint density at radius 2 is 1.77 bits per heavy atom. The maximum atomic E-state index is 13.3. The zero-order chi connectivity index (χ0) is 17.2. The van der Waals surface area contributed by atoms with Crippen LogP contribution in [0, 0.1) is 0 Å². The SMILES string of the molecule is CC(Cl)CSS(CCCCl)(SCC(F)CF)SCC(C)(F)F. The molecular formula is C12H22Cl2F4S4. The molecule has 0 fully saturated rings. The Morgan fingerprint density at radius 3 is 2.23 bits per heavy atom. The molecule has 0 aromatic carbocycles. The van der Waals surface area contributed by atoms with Crippen LogP contribution >= 0.6 is 62.7 Å². The fourth-order valence-electron chi connectivity index (χ4n) is 1.12. The summed E-state index contributed by atoms with van der Waals surface area (Å²) in [5, 5.41) is -0.112. The maximum absolute atomic E-state index is 13.3. The second-order valence-corrected chi connectivity index (χ2v) is 18.2. The number of alkyl halides is 6. The van der Waals surface area contributed by atoms with Crippen LogP contribution in [0.5, 0.6) is 0 Å². The van der Waals surface area contributed by atoms with E-state index < -0.39 is 25.9 Å². The molecule has 0 radical (unpaired) electrons. The molecule has 0 saturated heterocycles. The van der Waals surface area contributed by atoms with Gasteiger partial charge in [0.05, 0.1) is 5.75 Å². The summed E-state index contributed by atoms with van der Waals surface area (Å²) in [5.41, 5.74) is 0. The molecule has 3 atom stereocenters. The molecule has 22 heavy (non-hydrogen) atoms. The average Bonchev–Trinajstić information content (AvgIpc) is 2.44. The summed E-state index contributed by atoms with van der Waals surface area (Å²) in [7, 11) is 2.24. The molecule has 0 aliphatic rings. The van der Waals surface area contributed by atoms with Crippen LogP contribution in [0.1, 0.15) is 20.3 Å². The van der Waals surface area contributed by atoms with E-state index in [1.165, 1.54) is 21.6 Å². The molecule has 0 aliphatic carbocycles. The first-order chi connectivity index (χ1) is 10.1. The van der Waals surface area contributed by atoms with E-state index in [2.05, 4.69) is 0 Å². The highest BCUT2D eigenvalue weighted by Gasteiger charge is 2.32. The fraction of sp³-hybridized carbons (Fsp3) is 1.00. The van der Waals surface area contributed by atoms with Crippen LogP contribution < -0.4 is 0 Å². The van der Waals surface area contributed by atoms with Gasteiger partial charge < -0.3 is 0 Å². The largest absolute Gasteiger partial charge is 0.255 e. The van der Waals surface area contributed by atoms with Gasteiger partial charge in [0.2, 0.25) is 0 Å². The van der Waals surface area contributed by atoms with Gasteiger partial charge in [0.25, 0.3) is 5.92 Å². The van der Waals surface area contributed by atoms with Gasteiger partial charge in [-0.3, -0.25) is 0 Å². The van der Waals surface area contributed by atoms with Crippen LogP contribution in [0.15, 0.2) is 0 Å². The van der Waals surface area contributed by atoms with Crippen LogP contribution in [-0.2, 0) is 0 Å². The van der Waals surface area contributed by atoms with Gasteiger partial charge in [-0.15, -0.1) is 23.2 Å². The molecule has 0 N–H and O–H groups in total. The van der Waals surface area contributed by atoms with E-state index >= 15 is 0 Å². The van der Waals surface area contributed by atoms with Gasteiger partial charge >= 0.3 is 0 Å². The van der Waals surface area contributed by atoms with Gasteiger partial charge in [0, 0.05) is 35.4 Å². The third kappa shape index (κ3) is 12.1. The molecule has 0 nitrogen and oxygen atoms in total. The molecule has 0 aromatic heterocycles. The van der Waals surface area contributed by atoms with E-state index in [1.54, 1.807) is 0 Å². The van der Waals surface area contributed by atoms with Gasteiger partial charge in [0.15, 0.2) is 0 Å². The molecule has 0 saturated carbocycles. The van der Waals surface area contributed by atoms with Crippen molar-refractivity contribution in [3.8, 4) is 0 Å². The molecule has 0 aliphatic heterocycles. The number of hydrogen-bond acceptors (Lipinski definition) is 3. The lowest BCUT2D eigenvalue weighted by Gasteiger charge is -2.38. The molecule has 0 heterocycles. The Bertz CT molecular complexity index is 295. The van der Waals surface area contributed by atoms with Crippen molar-refractivity contribution in [1.29, 1.82) is 0 Å². The first-order valence-electron chi connectivity index (χ1n) is 6.66. The number of rotatable bonds is 13. The van der Waals surface area contributed by atoms with E-state index in [4.69, 9.17) is 23.2 Å². The summed E-state index contributed by atoms with van der Waals surface area (Å²) in [4.78, 5) is 0. The van der Waals surface area contributed by atoms with Gasteiger partial charge in [-0.1, -0.05) is 39.5 Å². The monoisotopic (exact) mass is 440 g/mol. The zero-order valence-electron chi connectivity index (χ0n) is 12.5. The molecular weight excluding hydrogens is 419 g/mol. The summed E-state index contributed by atoms with van der Waals surface area (Å²) in [6.07, 6.45) is -0.910. The van der Waals surface area contributed by atoms with Crippen molar-refractivity contribution in [3.63, 3.8) is 0 Å². The Balaban J connectivity index is 4.94. The number of hydrogen-bond donors (Lipinski definition) is 0. The van der Waals surface area contributed by atoms with Crippen molar-refractivity contribution in [3.05, 3.63) is 0 Å². The molecule has 0 spiro atoms. The van der Waals surface area contributed by atoms with E-state index in [1.807, 2.05) is 6.92 Å². The molecule has 0 rings (SSSR count). The third-order valence-electron chi connectivity index (χ3n) is 2.09. The number of halogens is 6. The molecule has 10 heteroatoms. The van der Waals surface area contributed by atoms with Crippen LogP contribution in [0.25, 0.3) is 0 Å². The first kappa shape index (κ1) is 23.7. The summed E-state index contributed by atoms with van der Waals surface area (Å²) >= 11 is 11.7. The highest BCUT2D eigenvalue weighted by atomic mass is 35.5. The normalized spacial score (nSPS) is 19.5. The van der Waals surface area contributed by atoms with E-state index in [0.717, 1.165) is 17.7 Å². The highest BCUT2D eigenvalue weighted by Crippen LogP contribution is 2.79. The minimum absolute atomic E-state index is 0.0277. The van der Waals surface area contributed by atoms with Crippen molar-refractivity contribution in [2.24, 2.45) is 0 Å². The van der Waals surface area contributed by atoms with Crippen LogP contribution in [0.4, 0.5) is 17.6 Å². The van der Waals surface area contributed by atoms with Crippen molar-refractivity contribution in [2.75, 3.05) is 35.6 Å². The molecule has 3 unspecified atom stereocenters. The van der Waals surface area contributed by atoms with Gasteiger partial charge in [-0.2, -0.15) is 0 Å². The summed E-state index contributed by atoms with van der Waals surface area (Å²) in [6, 6.07) is 0. The first-order valence-corrected chi connectivity index (χ1v) is 13.9. The Labute approximate surface area is 153 Å². The Morgan fingerprint density at radius 1 is 1.18 bits per heavy atom. The lowest BCUT2D eigenvalue weighted by atomic mass is 10.5. The summed E-state index contributed by atoms with van der Waals surface area (Å²) < 4.78 is 52.1. The third-order valence-corrected chi connectivity index (χ3v) is 17.4. The highest BCUT2D eigenvalue weighted by molar-refractivity contribution is 9.48. The van der Waals surface area contributed by atoms with E-state index in [9.17, 15) is 17.6 Å².